The molecule has 1 aromatic rings. The highest BCUT2D eigenvalue weighted by atomic mass is 16.4. The first kappa shape index (κ1) is 15.0. The molecule has 3 N–H and O–H groups in total. The zero-order chi connectivity index (χ0) is 14.4. The van der Waals surface area contributed by atoms with Crippen LogP contribution in [0.25, 0.3) is 0 Å². The molecule has 4 heteroatoms. The third-order valence-corrected chi connectivity index (χ3v) is 4.05. The topological polar surface area (TPSA) is 69.6 Å². The summed E-state index contributed by atoms with van der Waals surface area (Å²) in [5, 5.41) is 22.3. The Morgan fingerprint density at radius 1 is 1.30 bits per heavy atom. The molecule has 2 rings (SSSR count). The molecule has 1 saturated carbocycles. The fraction of sp³-hybridized carbons (Fsp3) is 0.562. The van der Waals surface area contributed by atoms with Crippen molar-refractivity contribution in [2.75, 3.05) is 6.54 Å². The van der Waals surface area contributed by atoms with E-state index in [9.17, 15) is 9.90 Å². The van der Waals surface area contributed by atoms with E-state index in [0.717, 1.165) is 18.4 Å². The molecule has 0 amide bonds. The van der Waals surface area contributed by atoms with Crippen LogP contribution in [-0.2, 0) is 6.54 Å². The Balaban J connectivity index is 1.77. The predicted molar refractivity (Wildman–Crippen MR) is 77.7 cm³/mol. The van der Waals surface area contributed by atoms with Gasteiger partial charge in [0, 0.05) is 13.1 Å². The number of carbonyl (C=O) groups is 1. The molecular formula is C16H23NO3. The minimum atomic E-state index is -0.908. The predicted octanol–water partition coefficient (Wildman–Crippen LogP) is 2.42. The zero-order valence-corrected chi connectivity index (χ0v) is 11.7. The Bertz CT molecular complexity index is 441. The number of hydrogen-bond acceptors (Lipinski definition) is 3. The number of benzene rings is 1. The highest BCUT2D eigenvalue weighted by Crippen LogP contribution is 2.26. The summed E-state index contributed by atoms with van der Waals surface area (Å²) in [4.78, 5) is 10.9. The average Bonchev–Trinajstić information content (AvgIpc) is 2.48. The smallest absolute Gasteiger partial charge is 0.335 e. The summed E-state index contributed by atoms with van der Waals surface area (Å²) < 4.78 is 0. The van der Waals surface area contributed by atoms with Crippen LogP contribution in [0.4, 0.5) is 0 Å². The Kier molecular flexibility index (Phi) is 5.56. The summed E-state index contributed by atoms with van der Waals surface area (Å²) in [5.41, 5.74) is 1.23. The molecule has 1 atom stereocenters. The molecule has 0 saturated heterocycles. The maximum atomic E-state index is 10.9. The van der Waals surface area contributed by atoms with Crippen molar-refractivity contribution in [1.82, 2.24) is 5.32 Å². The molecule has 1 aromatic carbocycles. The van der Waals surface area contributed by atoms with Crippen LogP contribution in [-0.4, -0.2) is 28.8 Å². The van der Waals surface area contributed by atoms with Crippen molar-refractivity contribution in [2.45, 2.75) is 44.8 Å². The number of hydrogen-bond donors (Lipinski definition) is 3. The number of nitrogens with one attached hydrogen (secondary N) is 1. The molecule has 0 aromatic heterocycles. The second-order valence-electron chi connectivity index (χ2n) is 5.60. The van der Waals surface area contributed by atoms with Gasteiger partial charge in [-0.25, -0.2) is 4.79 Å². The van der Waals surface area contributed by atoms with Gasteiger partial charge in [0.25, 0.3) is 0 Å². The van der Waals surface area contributed by atoms with Crippen molar-refractivity contribution < 1.29 is 15.0 Å². The summed E-state index contributed by atoms with van der Waals surface area (Å²) in [5.74, 6) is -0.490. The summed E-state index contributed by atoms with van der Waals surface area (Å²) >= 11 is 0. The molecule has 0 heterocycles. The lowest BCUT2D eigenvalue weighted by Crippen LogP contribution is -2.33. The third-order valence-electron chi connectivity index (χ3n) is 4.05. The van der Waals surface area contributed by atoms with E-state index in [1.165, 1.54) is 19.3 Å². The van der Waals surface area contributed by atoms with Crippen LogP contribution in [0.15, 0.2) is 24.3 Å². The molecule has 1 aliphatic carbocycles. The maximum absolute atomic E-state index is 10.9. The molecule has 0 aliphatic heterocycles. The monoisotopic (exact) mass is 277 g/mol. The van der Waals surface area contributed by atoms with Gasteiger partial charge in [0.15, 0.2) is 0 Å². The number of aliphatic hydroxyl groups excluding tert-OH is 1. The maximum Gasteiger partial charge on any atom is 0.335 e. The van der Waals surface area contributed by atoms with E-state index in [4.69, 9.17) is 5.11 Å². The first-order valence-electron chi connectivity index (χ1n) is 7.38. The highest BCUT2D eigenvalue weighted by Gasteiger charge is 2.21. The van der Waals surface area contributed by atoms with E-state index in [2.05, 4.69) is 5.32 Å². The molecule has 1 unspecified atom stereocenters. The van der Waals surface area contributed by atoms with Crippen molar-refractivity contribution in [2.24, 2.45) is 5.92 Å². The minimum Gasteiger partial charge on any atom is -0.478 e. The van der Waals surface area contributed by atoms with Gasteiger partial charge in [-0.05, 0) is 36.5 Å². The van der Waals surface area contributed by atoms with Crippen LogP contribution in [0.2, 0.25) is 0 Å². The van der Waals surface area contributed by atoms with Gasteiger partial charge in [0.05, 0.1) is 11.7 Å². The zero-order valence-electron chi connectivity index (χ0n) is 11.7. The van der Waals surface area contributed by atoms with Crippen LogP contribution in [0.3, 0.4) is 0 Å². The highest BCUT2D eigenvalue weighted by molar-refractivity contribution is 5.87. The second-order valence-corrected chi connectivity index (χ2v) is 5.60. The van der Waals surface area contributed by atoms with Gasteiger partial charge < -0.3 is 15.5 Å². The third kappa shape index (κ3) is 4.32. The Hall–Kier alpha value is -1.39. The van der Waals surface area contributed by atoms with Gasteiger partial charge in [-0.2, -0.15) is 0 Å². The largest absolute Gasteiger partial charge is 0.478 e. The van der Waals surface area contributed by atoms with Crippen molar-refractivity contribution in [3.63, 3.8) is 0 Å². The van der Waals surface area contributed by atoms with E-state index < -0.39 is 5.97 Å². The van der Waals surface area contributed by atoms with E-state index >= 15 is 0 Å². The molecule has 1 fully saturated rings. The normalized spacial score (nSPS) is 17.9. The van der Waals surface area contributed by atoms with Crippen molar-refractivity contribution in [3.05, 3.63) is 35.4 Å². The van der Waals surface area contributed by atoms with Crippen LogP contribution in [0.5, 0.6) is 0 Å². The lowest BCUT2D eigenvalue weighted by molar-refractivity contribution is 0.0696. The van der Waals surface area contributed by atoms with E-state index in [1.54, 1.807) is 18.2 Å². The fourth-order valence-electron chi connectivity index (χ4n) is 2.86. The number of aromatic carboxylic acids is 1. The molecule has 1 aliphatic rings. The summed E-state index contributed by atoms with van der Waals surface area (Å²) in [6, 6.07) is 6.90. The second kappa shape index (κ2) is 7.41. The molecule has 0 spiro atoms. The summed E-state index contributed by atoms with van der Waals surface area (Å²) in [6.45, 7) is 1.16. The van der Waals surface area contributed by atoms with Crippen molar-refractivity contribution in [3.8, 4) is 0 Å². The van der Waals surface area contributed by atoms with Crippen LogP contribution >= 0.6 is 0 Å². The molecule has 4 nitrogen and oxygen atoms in total. The minimum absolute atomic E-state index is 0.294. The van der Waals surface area contributed by atoms with Gasteiger partial charge in [0.1, 0.15) is 0 Å². The van der Waals surface area contributed by atoms with Crippen LogP contribution in [0.1, 0.15) is 48.0 Å². The van der Waals surface area contributed by atoms with Gasteiger partial charge >= 0.3 is 5.97 Å². The van der Waals surface area contributed by atoms with Gasteiger partial charge in [-0.1, -0.05) is 31.4 Å². The summed E-state index contributed by atoms with van der Waals surface area (Å²) in [6.07, 6.45) is 5.69. The van der Waals surface area contributed by atoms with Crippen molar-refractivity contribution >= 4 is 5.97 Å². The Morgan fingerprint density at radius 2 is 2.05 bits per heavy atom. The van der Waals surface area contributed by atoms with E-state index in [1.807, 2.05) is 6.07 Å². The van der Waals surface area contributed by atoms with Gasteiger partial charge in [-0.15, -0.1) is 0 Å². The number of carboxylic acids is 1. The van der Waals surface area contributed by atoms with Gasteiger partial charge in [-0.3, -0.25) is 0 Å². The lowest BCUT2D eigenvalue weighted by atomic mass is 9.85. The van der Waals surface area contributed by atoms with Crippen LogP contribution in [0, 0.1) is 5.92 Å². The average molecular weight is 277 g/mol. The van der Waals surface area contributed by atoms with E-state index in [-0.39, 0.29) is 6.10 Å². The molecule has 110 valence electrons. The van der Waals surface area contributed by atoms with Crippen molar-refractivity contribution in [1.29, 1.82) is 0 Å². The molecule has 20 heavy (non-hydrogen) atoms. The number of carboxylic acid groups (broad SMARTS) is 1. The van der Waals surface area contributed by atoms with Crippen LogP contribution < -0.4 is 5.32 Å². The lowest BCUT2D eigenvalue weighted by Gasteiger charge is -2.26. The van der Waals surface area contributed by atoms with Gasteiger partial charge in [0.2, 0.25) is 0 Å². The van der Waals surface area contributed by atoms with E-state index in [0.29, 0.717) is 24.6 Å². The first-order chi connectivity index (χ1) is 9.66. The fourth-order valence-corrected chi connectivity index (χ4v) is 2.86. The standard InChI is InChI=1S/C16H23NO3/c18-15(13-6-2-1-3-7-13)11-17-10-12-5-4-8-14(9-12)16(19)20/h4-5,8-9,13,15,17-18H,1-3,6-7,10-11H2,(H,19,20). The molecular weight excluding hydrogens is 254 g/mol. The summed E-state index contributed by atoms with van der Waals surface area (Å²) in [7, 11) is 0. The molecule has 0 bridgehead atoms. The SMILES string of the molecule is O=C(O)c1cccc(CNCC(O)C2CCCCC2)c1. The Labute approximate surface area is 119 Å². The quantitative estimate of drug-likeness (QED) is 0.747. The molecule has 0 radical (unpaired) electrons. The number of aliphatic hydroxyl groups is 1. The Morgan fingerprint density at radius 3 is 2.75 bits per heavy atom. The number of rotatable bonds is 6. The first-order valence-corrected chi connectivity index (χ1v) is 7.38.